The third-order valence-corrected chi connectivity index (χ3v) is 3.97. The summed E-state index contributed by atoms with van der Waals surface area (Å²) in [5.41, 5.74) is 6.20. The van der Waals surface area contributed by atoms with Crippen molar-refractivity contribution in [3.63, 3.8) is 0 Å². The van der Waals surface area contributed by atoms with Crippen molar-refractivity contribution in [3.8, 4) is 0 Å². The predicted octanol–water partition coefficient (Wildman–Crippen LogP) is 3.33. The molecule has 1 nitrogen and oxygen atoms in total. The van der Waals surface area contributed by atoms with E-state index in [9.17, 15) is 0 Å². The Morgan fingerprint density at radius 2 is 1.82 bits per heavy atom. The highest BCUT2D eigenvalue weighted by molar-refractivity contribution is 5.55. The van der Waals surface area contributed by atoms with E-state index in [1.807, 2.05) is 0 Å². The Bertz CT molecular complexity index is 421. The molecule has 0 saturated carbocycles. The van der Waals surface area contributed by atoms with E-state index in [0.29, 0.717) is 0 Å². The number of aryl methyl sites for hydroxylation is 2. The Labute approximate surface area is 104 Å². The number of benzene rings is 1. The molecule has 90 valence electrons. The second kappa shape index (κ2) is 5.05. The third-order valence-electron chi connectivity index (χ3n) is 3.97. The molecule has 0 atom stereocenters. The average Bonchev–Trinajstić information content (AvgIpc) is 2.65. The Hall–Kier alpha value is -1.08. The van der Waals surface area contributed by atoms with Gasteiger partial charge in [-0.05, 0) is 68.3 Å². The monoisotopic (exact) mass is 227 g/mol. The van der Waals surface area contributed by atoms with Crippen LogP contribution in [-0.4, -0.2) is 13.1 Å². The van der Waals surface area contributed by atoms with Gasteiger partial charge in [-0.15, -0.1) is 0 Å². The van der Waals surface area contributed by atoms with Crippen LogP contribution in [-0.2, 0) is 12.8 Å². The van der Waals surface area contributed by atoms with E-state index in [1.165, 1.54) is 50.6 Å². The largest absolute Gasteiger partial charge is 0.316 e. The van der Waals surface area contributed by atoms with Crippen molar-refractivity contribution in [2.24, 2.45) is 0 Å². The van der Waals surface area contributed by atoms with E-state index < -0.39 is 0 Å². The van der Waals surface area contributed by atoms with Gasteiger partial charge in [0.1, 0.15) is 0 Å². The van der Waals surface area contributed by atoms with Crippen LogP contribution >= 0.6 is 0 Å². The van der Waals surface area contributed by atoms with E-state index in [2.05, 4.69) is 29.6 Å². The lowest BCUT2D eigenvalue weighted by molar-refractivity contribution is 0.703. The predicted molar refractivity (Wildman–Crippen MR) is 73.2 cm³/mol. The van der Waals surface area contributed by atoms with Crippen LogP contribution in [0, 0.1) is 0 Å². The molecule has 2 aliphatic rings. The minimum absolute atomic E-state index is 1.15. The van der Waals surface area contributed by atoms with Gasteiger partial charge in [-0.25, -0.2) is 0 Å². The van der Waals surface area contributed by atoms with Crippen LogP contribution in [0.15, 0.2) is 23.8 Å². The molecule has 1 aliphatic heterocycles. The highest BCUT2D eigenvalue weighted by Gasteiger charge is 2.10. The number of hydrogen-bond acceptors (Lipinski definition) is 1. The van der Waals surface area contributed by atoms with Crippen molar-refractivity contribution >= 4 is 6.08 Å². The number of hydrogen-bond donors (Lipinski definition) is 1. The first-order chi connectivity index (χ1) is 8.42. The number of rotatable bonds is 1. The van der Waals surface area contributed by atoms with Crippen LogP contribution in [0.1, 0.15) is 42.4 Å². The fourth-order valence-corrected chi connectivity index (χ4v) is 3.00. The van der Waals surface area contributed by atoms with Crippen molar-refractivity contribution in [3.05, 3.63) is 40.5 Å². The van der Waals surface area contributed by atoms with E-state index in [4.69, 9.17) is 0 Å². The smallest absolute Gasteiger partial charge is 0.00115 e. The van der Waals surface area contributed by atoms with E-state index >= 15 is 0 Å². The summed E-state index contributed by atoms with van der Waals surface area (Å²) in [4.78, 5) is 0. The Kier molecular flexibility index (Phi) is 3.28. The summed E-state index contributed by atoms with van der Waals surface area (Å²) in [6.07, 6.45) is 10.1. The van der Waals surface area contributed by atoms with Crippen molar-refractivity contribution in [1.82, 2.24) is 5.32 Å². The molecule has 1 aromatic carbocycles. The van der Waals surface area contributed by atoms with Crippen LogP contribution in [0.3, 0.4) is 0 Å². The molecule has 17 heavy (non-hydrogen) atoms. The summed E-state index contributed by atoms with van der Waals surface area (Å²) >= 11 is 0. The molecule has 0 aromatic heterocycles. The zero-order chi connectivity index (χ0) is 11.5. The van der Waals surface area contributed by atoms with Gasteiger partial charge < -0.3 is 5.32 Å². The molecular weight excluding hydrogens is 206 g/mol. The van der Waals surface area contributed by atoms with Crippen LogP contribution in [0.25, 0.3) is 6.08 Å². The maximum Gasteiger partial charge on any atom is -0.00115 e. The SMILES string of the molecule is C(=C1\CCCNCC1)/c1ccc2c(c1)CCC2. The van der Waals surface area contributed by atoms with Gasteiger partial charge in [0.25, 0.3) is 0 Å². The second-order valence-electron chi connectivity index (χ2n) is 5.29. The lowest BCUT2D eigenvalue weighted by atomic mass is 10.0. The topological polar surface area (TPSA) is 12.0 Å². The molecule has 1 aromatic rings. The molecule has 0 spiro atoms. The maximum absolute atomic E-state index is 3.46. The van der Waals surface area contributed by atoms with Crippen molar-refractivity contribution < 1.29 is 0 Å². The van der Waals surface area contributed by atoms with Gasteiger partial charge >= 0.3 is 0 Å². The van der Waals surface area contributed by atoms with Crippen LogP contribution in [0.2, 0.25) is 0 Å². The number of fused-ring (bicyclic) bond motifs is 1. The van der Waals surface area contributed by atoms with Gasteiger partial charge in [0.2, 0.25) is 0 Å². The average molecular weight is 227 g/mol. The minimum Gasteiger partial charge on any atom is -0.316 e. The van der Waals surface area contributed by atoms with Crippen molar-refractivity contribution in [2.75, 3.05) is 13.1 Å². The molecule has 1 saturated heterocycles. The quantitative estimate of drug-likeness (QED) is 0.776. The molecule has 0 unspecified atom stereocenters. The minimum atomic E-state index is 1.15. The summed E-state index contributed by atoms with van der Waals surface area (Å²) in [7, 11) is 0. The third kappa shape index (κ3) is 2.61. The molecule has 1 heteroatoms. The summed E-state index contributed by atoms with van der Waals surface area (Å²) in [5, 5.41) is 3.46. The maximum atomic E-state index is 3.46. The molecule has 0 bridgehead atoms. The molecule has 1 fully saturated rings. The Balaban J connectivity index is 1.81. The first-order valence-corrected chi connectivity index (χ1v) is 6.94. The van der Waals surface area contributed by atoms with Gasteiger partial charge in [0.05, 0.1) is 0 Å². The lowest BCUT2D eigenvalue weighted by Gasteiger charge is -2.05. The lowest BCUT2D eigenvalue weighted by Crippen LogP contribution is -2.13. The van der Waals surface area contributed by atoms with Crippen LogP contribution in [0.5, 0.6) is 0 Å². The standard InChI is InChI=1S/C16H21N/c1-4-15-7-6-14(12-16(15)5-1)11-13-3-2-9-17-10-8-13/h6-7,11-12,17H,1-5,8-10H2/b13-11-. The summed E-state index contributed by atoms with van der Waals surface area (Å²) < 4.78 is 0. The van der Waals surface area contributed by atoms with Crippen LogP contribution < -0.4 is 5.32 Å². The molecular formula is C16H21N. The highest BCUT2D eigenvalue weighted by atomic mass is 14.8. The Morgan fingerprint density at radius 1 is 0.882 bits per heavy atom. The van der Waals surface area contributed by atoms with Gasteiger partial charge in [0.15, 0.2) is 0 Å². The first kappa shape index (κ1) is 11.0. The fourth-order valence-electron chi connectivity index (χ4n) is 3.00. The van der Waals surface area contributed by atoms with Crippen molar-refractivity contribution in [2.45, 2.75) is 38.5 Å². The van der Waals surface area contributed by atoms with Gasteiger partial charge in [-0.1, -0.05) is 29.8 Å². The van der Waals surface area contributed by atoms with Gasteiger partial charge in [-0.3, -0.25) is 0 Å². The molecule has 0 radical (unpaired) electrons. The normalized spacial score (nSPS) is 22.5. The van der Waals surface area contributed by atoms with Gasteiger partial charge in [-0.2, -0.15) is 0 Å². The summed E-state index contributed by atoms with van der Waals surface area (Å²) in [5.74, 6) is 0. The second-order valence-corrected chi connectivity index (χ2v) is 5.29. The van der Waals surface area contributed by atoms with E-state index in [1.54, 1.807) is 16.7 Å². The first-order valence-electron chi connectivity index (χ1n) is 6.94. The number of nitrogens with one attached hydrogen (secondary N) is 1. The molecule has 1 heterocycles. The molecule has 3 rings (SSSR count). The Morgan fingerprint density at radius 3 is 2.82 bits per heavy atom. The molecule has 0 amide bonds. The fraction of sp³-hybridized carbons (Fsp3) is 0.500. The zero-order valence-electron chi connectivity index (χ0n) is 10.5. The van der Waals surface area contributed by atoms with E-state index in [-0.39, 0.29) is 0 Å². The van der Waals surface area contributed by atoms with Crippen LogP contribution in [0.4, 0.5) is 0 Å². The zero-order valence-corrected chi connectivity index (χ0v) is 10.5. The summed E-state index contributed by atoms with van der Waals surface area (Å²) in [6, 6.07) is 7.05. The highest BCUT2D eigenvalue weighted by Crippen LogP contribution is 2.25. The molecule has 1 aliphatic carbocycles. The van der Waals surface area contributed by atoms with Gasteiger partial charge in [0, 0.05) is 0 Å². The van der Waals surface area contributed by atoms with E-state index in [0.717, 1.165) is 6.54 Å². The summed E-state index contributed by atoms with van der Waals surface area (Å²) in [6.45, 7) is 2.33. The van der Waals surface area contributed by atoms with Crippen molar-refractivity contribution in [1.29, 1.82) is 0 Å². The molecule has 1 N–H and O–H groups in total.